The fraction of sp³-hybridized carbons (Fsp3) is 0.667. The Balaban J connectivity index is 1.93. The average molecular weight is 246 g/mol. The minimum atomic E-state index is 0.884. The molecule has 1 nitrogen and oxygen atoms in total. The maximum Gasteiger partial charge on any atom is 0.0931 e. The molecule has 0 aliphatic carbocycles. The highest BCUT2D eigenvalue weighted by molar-refractivity contribution is 7.16. The van der Waals surface area contributed by atoms with Crippen molar-refractivity contribution in [3.8, 4) is 0 Å². The summed E-state index contributed by atoms with van der Waals surface area (Å²) >= 11 is 7.51. The van der Waals surface area contributed by atoms with Gasteiger partial charge in [-0.1, -0.05) is 44.2 Å². The van der Waals surface area contributed by atoms with Crippen LogP contribution in [0.3, 0.4) is 0 Å². The van der Waals surface area contributed by atoms with Crippen LogP contribution in [-0.4, -0.2) is 6.54 Å². The number of hydrogen-bond donors (Lipinski definition) is 1. The van der Waals surface area contributed by atoms with E-state index in [1.165, 1.54) is 37.0 Å². The minimum absolute atomic E-state index is 0.884. The van der Waals surface area contributed by atoms with E-state index in [0.717, 1.165) is 17.4 Å². The van der Waals surface area contributed by atoms with Crippen LogP contribution in [0, 0.1) is 0 Å². The second-order valence-corrected chi connectivity index (χ2v) is 5.60. The lowest BCUT2D eigenvalue weighted by Crippen LogP contribution is -2.13. The molecule has 0 saturated heterocycles. The third kappa shape index (κ3) is 6.18. The van der Waals surface area contributed by atoms with Gasteiger partial charge in [0.05, 0.1) is 4.34 Å². The third-order valence-corrected chi connectivity index (χ3v) is 3.62. The second kappa shape index (κ2) is 8.14. The van der Waals surface area contributed by atoms with Gasteiger partial charge in [-0.3, -0.25) is 0 Å². The molecule has 86 valence electrons. The standard InChI is InChI=1S/C12H20ClNS/c1-2-3-4-5-6-9-14-10-11-7-8-12(13)15-11/h7-8,14H,2-6,9-10H2,1H3. The van der Waals surface area contributed by atoms with E-state index < -0.39 is 0 Å². The molecule has 15 heavy (non-hydrogen) atoms. The van der Waals surface area contributed by atoms with Gasteiger partial charge in [-0.25, -0.2) is 0 Å². The highest BCUT2D eigenvalue weighted by Crippen LogP contribution is 2.20. The van der Waals surface area contributed by atoms with Gasteiger partial charge in [0.25, 0.3) is 0 Å². The molecule has 0 aliphatic rings. The molecular formula is C12H20ClNS. The van der Waals surface area contributed by atoms with Gasteiger partial charge in [0.15, 0.2) is 0 Å². The molecule has 1 N–H and O–H groups in total. The Kier molecular flexibility index (Phi) is 7.07. The number of nitrogens with one attached hydrogen (secondary N) is 1. The van der Waals surface area contributed by atoms with Crippen LogP contribution in [0.15, 0.2) is 12.1 Å². The van der Waals surface area contributed by atoms with Crippen molar-refractivity contribution in [1.82, 2.24) is 5.32 Å². The predicted octanol–water partition coefficient (Wildman–Crippen LogP) is 4.46. The molecule has 0 bridgehead atoms. The maximum absolute atomic E-state index is 5.85. The molecule has 3 heteroatoms. The topological polar surface area (TPSA) is 12.0 Å². The Labute approximate surface area is 102 Å². The van der Waals surface area contributed by atoms with Crippen molar-refractivity contribution < 1.29 is 0 Å². The zero-order valence-corrected chi connectivity index (χ0v) is 11.0. The van der Waals surface area contributed by atoms with Crippen molar-refractivity contribution in [3.05, 3.63) is 21.3 Å². The SMILES string of the molecule is CCCCCCCNCc1ccc(Cl)s1. The summed E-state index contributed by atoms with van der Waals surface area (Å²) in [5.74, 6) is 0. The number of thiophene rings is 1. The smallest absolute Gasteiger partial charge is 0.0931 e. The van der Waals surface area contributed by atoms with Crippen LogP contribution in [0.25, 0.3) is 0 Å². The lowest BCUT2D eigenvalue weighted by atomic mass is 10.1. The van der Waals surface area contributed by atoms with Gasteiger partial charge in [-0.15, -0.1) is 11.3 Å². The lowest BCUT2D eigenvalue weighted by molar-refractivity contribution is 0.585. The van der Waals surface area contributed by atoms with Crippen LogP contribution >= 0.6 is 22.9 Å². The number of rotatable bonds is 8. The van der Waals surface area contributed by atoms with E-state index in [1.807, 2.05) is 6.07 Å². The van der Waals surface area contributed by atoms with E-state index >= 15 is 0 Å². The molecule has 1 rings (SSSR count). The first-order valence-electron chi connectivity index (χ1n) is 5.78. The van der Waals surface area contributed by atoms with Crippen molar-refractivity contribution >= 4 is 22.9 Å². The monoisotopic (exact) mass is 245 g/mol. The molecule has 0 radical (unpaired) electrons. The zero-order valence-electron chi connectivity index (χ0n) is 9.39. The Morgan fingerprint density at radius 3 is 2.67 bits per heavy atom. The van der Waals surface area contributed by atoms with E-state index in [1.54, 1.807) is 11.3 Å². The van der Waals surface area contributed by atoms with Crippen LogP contribution in [0.2, 0.25) is 4.34 Å². The molecule has 0 atom stereocenters. The van der Waals surface area contributed by atoms with Crippen molar-refractivity contribution in [2.24, 2.45) is 0 Å². The third-order valence-electron chi connectivity index (χ3n) is 2.39. The molecule has 0 amide bonds. The molecule has 0 aromatic carbocycles. The van der Waals surface area contributed by atoms with E-state index in [0.29, 0.717) is 0 Å². The van der Waals surface area contributed by atoms with E-state index in [4.69, 9.17) is 11.6 Å². The summed E-state index contributed by atoms with van der Waals surface area (Å²) in [6.45, 7) is 4.34. The zero-order chi connectivity index (χ0) is 10.9. The molecule has 1 heterocycles. The number of hydrogen-bond acceptors (Lipinski definition) is 2. The Bertz CT molecular complexity index is 260. The van der Waals surface area contributed by atoms with Crippen molar-refractivity contribution in [1.29, 1.82) is 0 Å². The van der Waals surface area contributed by atoms with Gasteiger partial charge in [-0.2, -0.15) is 0 Å². The van der Waals surface area contributed by atoms with Gasteiger partial charge in [-0.05, 0) is 25.1 Å². The summed E-state index contributed by atoms with van der Waals surface area (Å²) in [6.07, 6.45) is 6.72. The highest BCUT2D eigenvalue weighted by Gasteiger charge is 1.96. The largest absolute Gasteiger partial charge is 0.312 e. The Morgan fingerprint density at radius 1 is 1.20 bits per heavy atom. The minimum Gasteiger partial charge on any atom is -0.312 e. The Morgan fingerprint density at radius 2 is 2.00 bits per heavy atom. The van der Waals surface area contributed by atoms with Crippen molar-refractivity contribution in [3.63, 3.8) is 0 Å². The summed E-state index contributed by atoms with van der Waals surface area (Å²) < 4.78 is 0.884. The van der Waals surface area contributed by atoms with Crippen molar-refractivity contribution in [2.45, 2.75) is 45.6 Å². The predicted molar refractivity (Wildman–Crippen MR) is 69.8 cm³/mol. The van der Waals surface area contributed by atoms with E-state index in [2.05, 4.69) is 18.3 Å². The van der Waals surface area contributed by atoms with Gasteiger partial charge < -0.3 is 5.32 Å². The first-order chi connectivity index (χ1) is 7.33. The van der Waals surface area contributed by atoms with Gasteiger partial charge in [0, 0.05) is 11.4 Å². The fourth-order valence-electron chi connectivity index (χ4n) is 1.51. The number of unbranched alkanes of at least 4 members (excludes halogenated alkanes) is 4. The first-order valence-corrected chi connectivity index (χ1v) is 6.97. The molecule has 0 fully saturated rings. The summed E-state index contributed by atoms with van der Waals surface area (Å²) in [5, 5.41) is 3.44. The highest BCUT2D eigenvalue weighted by atomic mass is 35.5. The average Bonchev–Trinajstić information content (AvgIpc) is 2.63. The van der Waals surface area contributed by atoms with Crippen LogP contribution in [0.4, 0.5) is 0 Å². The van der Waals surface area contributed by atoms with Crippen LogP contribution in [0.5, 0.6) is 0 Å². The molecule has 0 aliphatic heterocycles. The summed E-state index contributed by atoms with van der Waals surface area (Å²) in [7, 11) is 0. The maximum atomic E-state index is 5.85. The summed E-state index contributed by atoms with van der Waals surface area (Å²) in [6, 6.07) is 4.06. The molecule has 0 saturated carbocycles. The van der Waals surface area contributed by atoms with Gasteiger partial charge in [0.2, 0.25) is 0 Å². The van der Waals surface area contributed by atoms with E-state index in [-0.39, 0.29) is 0 Å². The summed E-state index contributed by atoms with van der Waals surface area (Å²) in [5.41, 5.74) is 0. The first kappa shape index (κ1) is 13.0. The normalized spacial score (nSPS) is 10.8. The second-order valence-electron chi connectivity index (χ2n) is 3.80. The van der Waals surface area contributed by atoms with E-state index in [9.17, 15) is 0 Å². The number of halogens is 1. The molecule has 0 unspecified atom stereocenters. The van der Waals surface area contributed by atoms with Crippen LogP contribution in [-0.2, 0) is 6.54 Å². The van der Waals surface area contributed by atoms with Crippen LogP contribution in [0.1, 0.15) is 43.9 Å². The fourth-order valence-corrected chi connectivity index (χ4v) is 2.57. The molecule has 1 aromatic rings. The van der Waals surface area contributed by atoms with Crippen LogP contribution < -0.4 is 5.32 Å². The summed E-state index contributed by atoms with van der Waals surface area (Å²) in [4.78, 5) is 1.33. The Hall–Kier alpha value is -0.0500. The quantitative estimate of drug-likeness (QED) is 0.667. The molecule has 0 spiro atoms. The lowest BCUT2D eigenvalue weighted by Gasteiger charge is -2.02. The van der Waals surface area contributed by atoms with Gasteiger partial charge in [0.1, 0.15) is 0 Å². The van der Waals surface area contributed by atoms with Crippen molar-refractivity contribution in [2.75, 3.05) is 6.54 Å². The molecule has 1 aromatic heterocycles. The molecular weight excluding hydrogens is 226 g/mol. The van der Waals surface area contributed by atoms with Gasteiger partial charge >= 0.3 is 0 Å².